The molecule has 1 aliphatic carbocycles. The number of nitrogens with zero attached hydrogens (tertiary/aromatic N) is 1. The van der Waals surface area contributed by atoms with Crippen molar-refractivity contribution in [3.8, 4) is 11.5 Å². The molecule has 1 fully saturated rings. The van der Waals surface area contributed by atoms with Gasteiger partial charge in [0.05, 0.1) is 6.54 Å². The molecule has 30 heavy (non-hydrogen) atoms. The molecular weight excluding hydrogens is 380 g/mol. The average Bonchev–Trinajstić information content (AvgIpc) is 3.59. The van der Waals surface area contributed by atoms with Crippen LogP contribution in [0.2, 0.25) is 0 Å². The Balaban J connectivity index is 1.28. The Hall–Kier alpha value is -3.22. The van der Waals surface area contributed by atoms with Crippen molar-refractivity contribution in [3.63, 3.8) is 0 Å². The number of benzene rings is 2. The topological polar surface area (TPSA) is 84.0 Å². The molecule has 1 amide bonds. The fourth-order valence-corrected chi connectivity index (χ4v) is 2.80. The molecule has 1 saturated carbocycles. The molecule has 2 aromatic carbocycles. The molecule has 3 rings (SSSR count). The molecule has 0 heterocycles. The van der Waals surface area contributed by atoms with E-state index in [1.807, 2.05) is 54.6 Å². The quantitative estimate of drug-likeness (QED) is 0.300. The van der Waals surface area contributed by atoms with Gasteiger partial charge in [-0.1, -0.05) is 30.3 Å². The molecule has 0 atom stereocenters. The number of rotatable bonds is 11. The third-order valence-electron chi connectivity index (χ3n) is 4.57. The predicted molar refractivity (Wildman–Crippen MR) is 118 cm³/mol. The van der Waals surface area contributed by atoms with Crippen LogP contribution in [0.3, 0.4) is 0 Å². The molecule has 0 unspecified atom stereocenters. The largest absolute Gasteiger partial charge is 0.492 e. The van der Waals surface area contributed by atoms with Crippen LogP contribution in [0.5, 0.6) is 11.5 Å². The van der Waals surface area contributed by atoms with E-state index in [9.17, 15) is 4.79 Å². The van der Waals surface area contributed by atoms with E-state index in [0.29, 0.717) is 24.9 Å². The number of nitrogens with one attached hydrogen (secondary N) is 3. The van der Waals surface area contributed by atoms with Crippen molar-refractivity contribution in [2.45, 2.75) is 25.3 Å². The summed E-state index contributed by atoms with van der Waals surface area (Å²) in [5, 5.41) is 9.44. The van der Waals surface area contributed by atoms with E-state index >= 15 is 0 Å². The number of hydrogen-bond donors (Lipinski definition) is 3. The van der Waals surface area contributed by atoms with Crippen LogP contribution in [-0.2, 0) is 11.2 Å². The van der Waals surface area contributed by atoms with Crippen molar-refractivity contribution in [2.24, 2.45) is 4.99 Å². The van der Waals surface area contributed by atoms with Crippen molar-refractivity contribution < 1.29 is 14.3 Å². The summed E-state index contributed by atoms with van der Waals surface area (Å²) in [7, 11) is 1.75. The molecule has 0 spiro atoms. The van der Waals surface area contributed by atoms with Gasteiger partial charge in [0.1, 0.15) is 18.1 Å². The fraction of sp³-hybridized carbons (Fsp3) is 0.391. The SMILES string of the molecule is CN=C(NCCOc1ccccc1)NCCc1ccc(OCC(=O)NC2CC2)cc1. The molecule has 0 aromatic heterocycles. The molecule has 2 aromatic rings. The van der Waals surface area contributed by atoms with E-state index in [0.717, 1.165) is 37.5 Å². The number of guanidine groups is 1. The molecule has 0 aliphatic heterocycles. The van der Waals surface area contributed by atoms with E-state index in [4.69, 9.17) is 9.47 Å². The van der Waals surface area contributed by atoms with E-state index < -0.39 is 0 Å². The lowest BCUT2D eigenvalue weighted by molar-refractivity contribution is -0.123. The minimum absolute atomic E-state index is 0.0566. The third-order valence-corrected chi connectivity index (χ3v) is 4.57. The minimum Gasteiger partial charge on any atom is -0.492 e. The second kappa shape index (κ2) is 11.7. The number of para-hydroxylation sites is 1. The molecule has 160 valence electrons. The lowest BCUT2D eigenvalue weighted by Crippen LogP contribution is -2.40. The second-order valence-corrected chi connectivity index (χ2v) is 7.11. The third kappa shape index (κ3) is 8.03. The summed E-state index contributed by atoms with van der Waals surface area (Å²) in [6.07, 6.45) is 3.01. The Labute approximate surface area is 177 Å². The second-order valence-electron chi connectivity index (χ2n) is 7.11. The van der Waals surface area contributed by atoms with Gasteiger partial charge in [-0.05, 0) is 49.1 Å². The van der Waals surface area contributed by atoms with Crippen molar-refractivity contribution in [2.75, 3.05) is 33.4 Å². The van der Waals surface area contributed by atoms with E-state index in [2.05, 4.69) is 20.9 Å². The summed E-state index contributed by atoms with van der Waals surface area (Å²) in [5.74, 6) is 2.25. The van der Waals surface area contributed by atoms with Gasteiger partial charge in [-0.2, -0.15) is 0 Å². The standard InChI is InChI=1S/C23H30N4O3/c1-24-23(26-15-16-29-20-5-3-2-4-6-20)25-14-13-18-7-11-21(12-8-18)30-17-22(28)27-19-9-10-19/h2-8,11-12,19H,9-10,13-17H2,1H3,(H,27,28)(H2,24,25,26). The maximum Gasteiger partial charge on any atom is 0.258 e. The van der Waals surface area contributed by atoms with E-state index in [1.165, 1.54) is 5.56 Å². The molecule has 1 aliphatic rings. The predicted octanol–water partition coefficient (Wildman–Crippen LogP) is 2.13. The van der Waals surface area contributed by atoms with Crippen LogP contribution in [0.1, 0.15) is 18.4 Å². The Morgan fingerprint density at radius 1 is 0.967 bits per heavy atom. The average molecular weight is 411 g/mol. The van der Waals surface area contributed by atoms with Gasteiger partial charge in [-0.3, -0.25) is 9.79 Å². The summed E-state index contributed by atoms with van der Waals surface area (Å²) >= 11 is 0. The monoisotopic (exact) mass is 410 g/mol. The summed E-state index contributed by atoms with van der Waals surface area (Å²) < 4.78 is 11.2. The first-order chi connectivity index (χ1) is 14.7. The highest BCUT2D eigenvalue weighted by atomic mass is 16.5. The van der Waals surface area contributed by atoms with Gasteiger partial charge in [0.15, 0.2) is 12.6 Å². The van der Waals surface area contributed by atoms with Crippen molar-refractivity contribution in [1.29, 1.82) is 0 Å². The van der Waals surface area contributed by atoms with Gasteiger partial charge < -0.3 is 25.4 Å². The van der Waals surface area contributed by atoms with E-state index in [1.54, 1.807) is 7.05 Å². The van der Waals surface area contributed by atoms with Gasteiger partial charge in [0, 0.05) is 19.6 Å². The number of carbonyl (C=O) groups is 1. The lowest BCUT2D eigenvalue weighted by atomic mass is 10.1. The summed E-state index contributed by atoms with van der Waals surface area (Å²) in [4.78, 5) is 15.9. The maximum absolute atomic E-state index is 11.7. The molecular formula is C23H30N4O3. The summed E-state index contributed by atoms with van der Waals surface area (Å²) in [6, 6.07) is 17.9. The Bertz CT molecular complexity index is 805. The van der Waals surface area contributed by atoms with Crippen LogP contribution in [0.4, 0.5) is 0 Å². The smallest absolute Gasteiger partial charge is 0.258 e. The highest BCUT2D eigenvalue weighted by Crippen LogP contribution is 2.18. The van der Waals surface area contributed by atoms with Gasteiger partial charge in [0.25, 0.3) is 5.91 Å². The first kappa shape index (κ1) is 21.5. The zero-order chi connectivity index (χ0) is 21.0. The number of hydrogen-bond acceptors (Lipinski definition) is 4. The first-order valence-electron chi connectivity index (χ1n) is 10.4. The van der Waals surface area contributed by atoms with Crippen molar-refractivity contribution in [1.82, 2.24) is 16.0 Å². The number of carbonyl (C=O) groups excluding carboxylic acids is 1. The van der Waals surface area contributed by atoms with Crippen LogP contribution >= 0.6 is 0 Å². The lowest BCUT2D eigenvalue weighted by Gasteiger charge is -2.13. The highest BCUT2D eigenvalue weighted by molar-refractivity contribution is 5.79. The first-order valence-corrected chi connectivity index (χ1v) is 10.4. The normalized spacial score (nSPS) is 13.4. The zero-order valence-corrected chi connectivity index (χ0v) is 17.4. The minimum atomic E-state index is -0.0566. The van der Waals surface area contributed by atoms with Gasteiger partial charge >= 0.3 is 0 Å². The Morgan fingerprint density at radius 2 is 1.67 bits per heavy atom. The van der Waals surface area contributed by atoms with Gasteiger partial charge in [0.2, 0.25) is 0 Å². The number of amides is 1. The van der Waals surface area contributed by atoms with Crippen LogP contribution in [-0.4, -0.2) is 51.3 Å². The highest BCUT2D eigenvalue weighted by Gasteiger charge is 2.23. The van der Waals surface area contributed by atoms with E-state index in [-0.39, 0.29) is 12.5 Å². The Kier molecular flexibility index (Phi) is 8.38. The van der Waals surface area contributed by atoms with Crippen LogP contribution in [0.25, 0.3) is 0 Å². The zero-order valence-electron chi connectivity index (χ0n) is 17.4. The molecule has 0 radical (unpaired) electrons. The fourth-order valence-electron chi connectivity index (χ4n) is 2.80. The summed E-state index contributed by atoms with van der Waals surface area (Å²) in [5.41, 5.74) is 1.18. The summed E-state index contributed by atoms with van der Waals surface area (Å²) in [6.45, 7) is 2.04. The van der Waals surface area contributed by atoms with Gasteiger partial charge in [-0.25, -0.2) is 0 Å². The molecule has 3 N–H and O–H groups in total. The number of ether oxygens (including phenoxy) is 2. The number of aliphatic imine (C=N–C) groups is 1. The van der Waals surface area contributed by atoms with Gasteiger partial charge in [-0.15, -0.1) is 0 Å². The molecule has 7 nitrogen and oxygen atoms in total. The van der Waals surface area contributed by atoms with Crippen molar-refractivity contribution in [3.05, 3.63) is 60.2 Å². The Morgan fingerprint density at radius 3 is 2.37 bits per heavy atom. The van der Waals surface area contributed by atoms with Crippen LogP contribution in [0.15, 0.2) is 59.6 Å². The molecule has 0 saturated heterocycles. The molecule has 0 bridgehead atoms. The van der Waals surface area contributed by atoms with Crippen molar-refractivity contribution >= 4 is 11.9 Å². The van der Waals surface area contributed by atoms with Crippen LogP contribution < -0.4 is 25.4 Å². The van der Waals surface area contributed by atoms with Crippen LogP contribution in [0, 0.1) is 0 Å². The maximum atomic E-state index is 11.7. The molecule has 7 heteroatoms.